The number of hydrogen-bond acceptors (Lipinski definition) is 2. The molecular formula is C10H6Br2FNO. The molecule has 0 aliphatic heterocycles. The molecule has 0 aliphatic carbocycles. The summed E-state index contributed by atoms with van der Waals surface area (Å²) in [6, 6.07) is 4.78. The van der Waals surface area contributed by atoms with Crippen LogP contribution in [0.15, 0.2) is 33.5 Å². The highest BCUT2D eigenvalue weighted by atomic mass is 79.9. The van der Waals surface area contributed by atoms with Crippen LogP contribution in [-0.4, -0.2) is 4.98 Å². The summed E-state index contributed by atoms with van der Waals surface area (Å²) in [6.07, 6.45) is 1.31. The molecule has 0 bridgehead atoms. The summed E-state index contributed by atoms with van der Waals surface area (Å²) in [5.74, 6) is 0.125. The highest BCUT2D eigenvalue weighted by molar-refractivity contribution is 9.10. The average molecular weight is 335 g/mol. The van der Waals surface area contributed by atoms with Crippen molar-refractivity contribution in [2.24, 2.45) is 0 Å². The normalized spacial score (nSPS) is 10.6. The van der Waals surface area contributed by atoms with Gasteiger partial charge in [-0.2, -0.15) is 0 Å². The molecule has 0 aliphatic rings. The van der Waals surface area contributed by atoms with Gasteiger partial charge in [-0.15, -0.1) is 0 Å². The van der Waals surface area contributed by atoms with Gasteiger partial charge in [-0.05, 0) is 28.1 Å². The second-order valence-electron chi connectivity index (χ2n) is 2.86. The average Bonchev–Trinajstić information content (AvgIpc) is 2.65. The van der Waals surface area contributed by atoms with Crippen molar-refractivity contribution in [2.75, 3.05) is 0 Å². The molecule has 2 aromatic rings. The lowest BCUT2D eigenvalue weighted by molar-refractivity contribution is 0.560. The van der Waals surface area contributed by atoms with Gasteiger partial charge in [-0.1, -0.05) is 22.0 Å². The van der Waals surface area contributed by atoms with Crippen molar-refractivity contribution in [3.8, 4) is 11.3 Å². The van der Waals surface area contributed by atoms with Crippen molar-refractivity contribution in [2.45, 2.75) is 5.33 Å². The summed E-state index contributed by atoms with van der Waals surface area (Å²) in [5.41, 5.74) is 1.09. The Balaban J connectivity index is 2.63. The Morgan fingerprint density at radius 2 is 2.20 bits per heavy atom. The van der Waals surface area contributed by atoms with Crippen LogP contribution in [0.1, 0.15) is 5.69 Å². The molecule has 2 rings (SSSR count). The van der Waals surface area contributed by atoms with Gasteiger partial charge in [0.2, 0.25) is 0 Å². The number of alkyl halides is 1. The monoisotopic (exact) mass is 333 g/mol. The Labute approximate surface area is 103 Å². The van der Waals surface area contributed by atoms with Crippen molar-refractivity contribution in [3.05, 3.63) is 40.6 Å². The Hall–Kier alpha value is -0.680. The number of hydrogen-bond donors (Lipinski definition) is 0. The lowest BCUT2D eigenvalue weighted by atomic mass is 10.1. The second kappa shape index (κ2) is 4.45. The van der Waals surface area contributed by atoms with Crippen LogP contribution in [-0.2, 0) is 5.33 Å². The molecule has 1 aromatic heterocycles. The molecule has 0 amide bonds. The maximum Gasteiger partial charge on any atom is 0.181 e. The second-order valence-corrected chi connectivity index (χ2v) is 4.27. The molecule has 0 atom stereocenters. The van der Waals surface area contributed by atoms with Gasteiger partial charge < -0.3 is 4.42 Å². The van der Waals surface area contributed by atoms with Crippen molar-refractivity contribution in [3.63, 3.8) is 0 Å². The van der Waals surface area contributed by atoms with Crippen molar-refractivity contribution in [1.82, 2.24) is 4.98 Å². The molecule has 15 heavy (non-hydrogen) atoms. The molecule has 5 heteroatoms. The van der Waals surface area contributed by atoms with Gasteiger partial charge in [-0.3, -0.25) is 0 Å². The zero-order chi connectivity index (χ0) is 10.8. The number of benzene rings is 1. The smallest absolute Gasteiger partial charge is 0.181 e. The predicted molar refractivity (Wildman–Crippen MR) is 62.2 cm³/mol. The first-order chi connectivity index (χ1) is 7.24. The van der Waals surface area contributed by atoms with E-state index in [9.17, 15) is 4.39 Å². The summed E-state index contributed by atoms with van der Waals surface area (Å²) >= 11 is 6.56. The van der Waals surface area contributed by atoms with Crippen LogP contribution >= 0.6 is 31.9 Å². The van der Waals surface area contributed by atoms with Crippen molar-refractivity contribution >= 4 is 31.9 Å². The largest absolute Gasteiger partial charge is 0.443 e. The summed E-state index contributed by atoms with van der Waals surface area (Å²) in [7, 11) is 0. The van der Waals surface area contributed by atoms with Crippen molar-refractivity contribution in [1.29, 1.82) is 0 Å². The maximum absolute atomic E-state index is 13.6. The van der Waals surface area contributed by atoms with Crippen LogP contribution in [0.25, 0.3) is 11.3 Å². The third-order valence-electron chi connectivity index (χ3n) is 1.96. The lowest BCUT2D eigenvalue weighted by Gasteiger charge is -2.03. The zero-order valence-corrected chi connectivity index (χ0v) is 10.7. The summed E-state index contributed by atoms with van der Waals surface area (Å²) < 4.78 is 19.4. The van der Waals surface area contributed by atoms with E-state index in [1.54, 1.807) is 12.1 Å². The Morgan fingerprint density at radius 3 is 2.87 bits per heavy atom. The van der Waals surface area contributed by atoms with Crippen LogP contribution in [0.2, 0.25) is 0 Å². The fraction of sp³-hybridized carbons (Fsp3) is 0.100. The third kappa shape index (κ3) is 1.99. The van der Waals surface area contributed by atoms with Crippen molar-refractivity contribution < 1.29 is 8.81 Å². The van der Waals surface area contributed by atoms with E-state index in [4.69, 9.17) is 4.42 Å². The summed E-state index contributed by atoms with van der Waals surface area (Å²) in [4.78, 5) is 3.99. The van der Waals surface area contributed by atoms with E-state index < -0.39 is 0 Å². The molecule has 78 valence electrons. The standard InChI is InChI=1S/C10H6Br2FNO/c11-4-8-10(15-5-14-8)9-6(12)2-1-3-7(9)13/h1-3,5H,4H2. The first-order valence-corrected chi connectivity index (χ1v) is 6.08. The van der Waals surface area contributed by atoms with Crippen LogP contribution < -0.4 is 0 Å². The van der Waals surface area contributed by atoms with Gasteiger partial charge in [0.15, 0.2) is 12.2 Å². The number of rotatable bonds is 2. The third-order valence-corrected chi connectivity index (χ3v) is 3.15. The minimum absolute atomic E-state index is 0.330. The SMILES string of the molecule is Fc1cccc(Br)c1-c1ocnc1CBr. The molecular weight excluding hydrogens is 329 g/mol. The lowest BCUT2D eigenvalue weighted by Crippen LogP contribution is -1.88. The van der Waals surface area contributed by atoms with E-state index in [2.05, 4.69) is 36.8 Å². The number of nitrogens with zero attached hydrogens (tertiary/aromatic N) is 1. The molecule has 1 heterocycles. The van der Waals surface area contributed by atoms with E-state index in [0.717, 1.165) is 0 Å². The Kier molecular flexibility index (Phi) is 3.21. The fourth-order valence-corrected chi connectivity index (χ4v) is 2.20. The summed E-state index contributed by atoms with van der Waals surface area (Å²) in [6.45, 7) is 0. The number of halogens is 3. The van der Waals surface area contributed by atoms with Crippen LogP contribution in [0.3, 0.4) is 0 Å². The quantitative estimate of drug-likeness (QED) is 0.771. The maximum atomic E-state index is 13.6. The fourth-order valence-electron chi connectivity index (χ4n) is 1.28. The topological polar surface area (TPSA) is 26.0 Å². The number of oxazole rings is 1. The van der Waals surface area contributed by atoms with E-state index >= 15 is 0 Å². The van der Waals surface area contributed by atoms with Gasteiger partial charge in [0.05, 0.1) is 11.3 Å². The first kappa shape index (κ1) is 10.8. The highest BCUT2D eigenvalue weighted by Crippen LogP contribution is 2.33. The Morgan fingerprint density at radius 1 is 1.40 bits per heavy atom. The molecule has 0 saturated heterocycles. The van der Waals surface area contributed by atoms with E-state index in [0.29, 0.717) is 26.8 Å². The predicted octanol–water partition coefficient (Wildman–Crippen LogP) is 4.14. The molecule has 0 saturated carbocycles. The van der Waals surface area contributed by atoms with E-state index in [1.165, 1.54) is 12.5 Å². The molecule has 0 radical (unpaired) electrons. The Bertz CT molecular complexity index is 464. The molecule has 0 spiro atoms. The van der Waals surface area contributed by atoms with E-state index in [1.807, 2.05) is 0 Å². The minimum Gasteiger partial charge on any atom is -0.443 e. The molecule has 2 nitrogen and oxygen atoms in total. The zero-order valence-electron chi connectivity index (χ0n) is 7.51. The minimum atomic E-state index is -0.330. The van der Waals surface area contributed by atoms with E-state index in [-0.39, 0.29) is 5.82 Å². The van der Waals surface area contributed by atoms with Gasteiger partial charge in [0.25, 0.3) is 0 Å². The van der Waals surface area contributed by atoms with Gasteiger partial charge in [0.1, 0.15) is 5.82 Å². The van der Waals surface area contributed by atoms with Gasteiger partial charge in [0, 0.05) is 9.80 Å². The van der Waals surface area contributed by atoms with Gasteiger partial charge in [-0.25, -0.2) is 9.37 Å². The molecule has 1 aromatic carbocycles. The van der Waals surface area contributed by atoms with Gasteiger partial charge >= 0.3 is 0 Å². The molecule has 0 N–H and O–H groups in total. The van der Waals surface area contributed by atoms with Crippen LogP contribution in [0.5, 0.6) is 0 Å². The van der Waals surface area contributed by atoms with Crippen LogP contribution in [0.4, 0.5) is 4.39 Å². The summed E-state index contributed by atoms with van der Waals surface area (Å²) in [5, 5.41) is 0.527. The first-order valence-electron chi connectivity index (χ1n) is 4.16. The van der Waals surface area contributed by atoms with Crippen LogP contribution in [0, 0.1) is 5.82 Å². The highest BCUT2D eigenvalue weighted by Gasteiger charge is 2.16. The molecule has 0 unspecified atom stereocenters. The molecule has 0 fully saturated rings. The number of aromatic nitrogens is 1.